The lowest BCUT2D eigenvalue weighted by Gasteiger charge is -2.09. The van der Waals surface area contributed by atoms with Crippen molar-refractivity contribution in [1.29, 1.82) is 0 Å². The largest absolute Gasteiger partial charge is 0.494 e. The molecule has 10 heteroatoms. The fourth-order valence-corrected chi connectivity index (χ4v) is 9.35. The van der Waals surface area contributed by atoms with Crippen molar-refractivity contribution in [3.63, 3.8) is 0 Å². The third-order valence-electron chi connectivity index (χ3n) is 12.0. The minimum Gasteiger partial charge on any atom is -0.494 e. The van der Waals surface area contributed by atoms with E-state index in [-0.39, 0.29) is 21.7 Å². The summed E-state index contributed by atoms with van der Waals surface area (Å²) in [4.78, 5) is 53.5. The maximum atomic E-state index is 13.0. The molecule has 0 aliphatic heterocycles. The second-order valence-corrected chi connectivity index (χ2v) is 20.0. The molecule has 374 valence electrons. The molecule has 0 aliphatic carbocycles. The van der Waals surface area contributed by atoms with Crippen LogP contribution in [0.1, 0.15) is 197 Å². The van der Waals surface area contributed by atoms with Gasteiger partial charge in [0.1, 0.15) is 23.0 Å². The number of rotatable bonds is 34. The third-order valence-corrected chi connectivity index (χ3v) is 13.9. The van der Waals surface area contributed by atoms with E-state index in [1.54, 1.807) is 91.0 Å². The molecule has 0 unspecified atom stereocenters. The summed E-state index contributed by atoms with van der Waals surface area (Å²) < 4.78 is 23.0. The monoisotopic (exact) mass is 986 g/mol. The van der Waals surface area contributed by atoms with E-state index in [2.05, 4.69) is 13.8 Å². The summed E-state index contributed by atoms with van der Waals surface area (Å²) in [5.41, 5.74) is 1.72. The maximum Gasteiger partial charge on any atom is 0.343 e. The minimum atomic E-state index is -0.600. The molecule has 0 heterocycles. The minimum absolute atomic E-state index is 0.115. The molecule has 5 aromatic rings. The number of thioether (sulfide) groups is 2. The van der Waals surface area contributed by atoms with Crippen LogP contribution in [0.15, 0.2) is 131 Å². The van der Waals surface area contributed by atoms with Gasteiger partial charge in [0.15, 0.2) is 0 Å². The summed E-state index contributed by atoms with van der Waals surface area (Å²) in [6.07, 6.45) is 28.4. The van der Waals surface area contributed by atoms with Crippen LogP contribution in [-0.2, 0) is 0 Å². The zero-order valence-electron chi connectivity index (χ0n) is 41.6. The van der Waals surface area contributed by atoms with Crippen LogP contribution in [-0.4, -0.2) is 35.4 Å². The molecule has 0 saturated heterocycles. The zero-order chi connectivity index (χ0) is 49.4. The molecule has 0 amide bonds. The molecular weight excluding hydrogens is 913 g/mol. The van der Waals surface area contributed by atoms with E-state index >= 15 is 0 Å². The van der Waals surface area contributed by atoms with E-state index < -0.39 is 11.9 Å². The fourth-order valence-electron chi connectivity index (χ4n) is 7.87. The first kappa shape index (κ1) is 55.6. The molecule has 0 aliphatic rings. The summed E-state index contributed by atoms with van der Waals surface area (Å²) in [5, 5.41) is -0.230. The Morgan fingerprint density at radius 3 is 0.971 bits per heavy atom. The highest BCUT2D eigenvalue weighted by Crippen LogP contribution is 2.28. The van der Waals surface area contributed by atoms with Gasteiger partial charge in [-0.1, -0.05) is 148 Å². The zero-order valence-corrected chi connectivity index (χ0v) is 43.2. The van der Waals surface area contributed by atoms with Gasteiger partial charge in [0.2, 0.25) is 10.2 Å². The quantitative estimate of drug-likeness (QED) is 0.0171. The van der Waals surface area contributed by atoms with Crippen molar-refractivity contribution in [2.45, 2.75) is 165 Å². The highest BCUT2D eigenvalue weighted by molar-refractivity contribution is 8.14. The number of ether oxygens (including phenoxy) is 4. The van der Waals surface area contributed by atoms with Crippen LogP contribution in [0.5, 0.6) is 23.0 Å². The van der Waals surface area contributed by atoms with Crippen LogP contribution in [0.2, 0.25) is 0 Å². The van der Waals surface area contributed by atoms with Crippen LogP contribution < -0.4 is 18.9 Å². The van der Waals surface area contributed by atoms with E-state index in [4.69, 9.17) is 18.9 Å². The highest BCUT2D eigenvalue weighted by atomic mass is 32.2. The number of carbonyl (C=O) groups is 4. The van der Waals surface area contributed by atoms with Crippen molar-refractivity contribution in [3.8, 4) is 23.0 Å². The summed E-state index contributed by atoms with van der Waals surface area (Å²) in [5.74, 6) is 0.704. The molecule has 5 rings (SSSR count). The predicted molar refractivity (Wildman–Crippen MR) is 286 cm³/mol. The van der Waals surface area contributed by atoms with Gasteiger partial charge in [0, 0.05) is 27.0 Å². The van der Waals surface area contributed by atoms with Crippen molar-refractivity contribution in [2.24, 2.45) is 0 Å². The Bertz CT molecular complexity index is 2120. The first-order valence-electron chi connectivity index (χ1n) is 26.0. The summed E-state index contributed by atoms with van der Waals surface area (Å²) >= 11 is 2.16. The molecule has 0 spiro atoms. The van der Waals surface area contributed by atoms with Gasteiger partial charge in [-0.05, 0) is 146 Å². The lowest BCUT2D eigenvalue weighted by atomic mass is 10.1. The molecule has 0 radical (unpaired) electrons. The van der Waals surface area contributed by atoms with E-state index in [9.17, 15) is 19.2 Å². The smallest absolute Gasteiger partial charge is 0.343 e. The normalized spacial score (nSPS) is 11.0. The van der Waals surface area contributed by atoms with Crippen molar-refractivity contribution in [3.05, 3.63) is 144 Å². The first-order chi connectivity index (χ1) is 34.3. The Hall–Kier alpha value is -5.32. The molecule has 0 fully saturated rings. The van der Waals surface area contributed by atoms with E-state index in [0.29, 0.717) is 45.3 Å². The Morgan fingerprint density at radius 2 is 0.643 bits per heavy atom. The van der Waals surface area contributed by atoms with Gasteiger partial charge in [-0.15, -0.1) is 0 Å². The Labute approximate surface area is 426 Å². The van der Waals surface area contributed by atoms with Gasteiger partial charge in [-0.3, -0.25) is 9.59 Å². The molecule has 70 heavy (non-hydrogen) atoms. The van der Waals surface area contributed by atoms with Crippen LogP contribution in [0.3, 0.4) is 0 Å². The molecule has 5 aromatic carbocycles. The van der Waals surface area contributed by atoms with E-state index in [1.807, 2.05) is 24.3 Å². The van der Waals surface area contributed by atoms with Crippen LogP contribution in [0, 0.1) is 0 Å². The second kappa shape index (κ2) is 33.3. The van der Waals surface area contributed by atoms with Crippen LogP contribution in [0.4, 0.5) is 0 Å². The number of esters is 2. The van der Waals surface area contributed by atoms with Gasteiger partial charge in [-0.2, -0.15) is 0 Å². The average Bonchev–Trinajstić information content (AvgIpc) is 3.38. The second-order valence-electron chi connectivity index (χ2n) is 17.9. The molecule has 0 N–H and O–H groups in total. The molecule has 0 saturated carbocycles. The number of hydrogen-bond donors (Lipinski definition) is 0. The number of hydrogen-bond acceptors (Lipinski definition) is 10. The van der Waals surface area contributed by atoms with Crippen LogP contribution in [0.25, 0.3) is 0 Å². The van der Waals surface area contributed by atoms with Crippen LogP contribution >= 0.6 is 23.5 Å². The Kier molecular flexibility index (Phi) is 26.5. The number of unbranched alkanes of at least 4 members (excludes halogenated alkanes) is 20. The number of benzene rings is 5. The van der Waals surface area contributed by atoms with Gasteiger partial charge >= 0.3 is 11.9 Å². The average molecular weight is 987 g/mol. The lowest BCUT2D eigenvalue weighted by Crippen LogP contribution is -2.10. The van der Waals surface area contributed by atoms with Crippen molar-refractivity contribution < 1.29 is 38.1 Å². The van der Waals surface area contributed by atoms with Gasteiger partial charge in [0.05, 0.1) is 24.3 Å². The Morgan fingerprint density at radius 1 is 0.343 bits per heavy atom. The lowest BCUT2D eigenvalue weighted by molar-refractivity contribution is 0.0732. The van der Waals surface area contributed by atoms with Crippen molar-refractivity contribution in [2.75, 3.05) is 13.2 Å². The Balaban J connectivity index is 0.960. The highest BCUT2D eigenvalue weighted by Gasteiger charge is 2.15. The first-order valence-corrected chi connectivity index (χ1v) is 27.6. The van der Waals surface area contributed by atoms with E-state index in [1.165, 1.54) is 134 Å². The SMILES string of the molecule is CCCCCCCCCCCCCOc1ccc(C(=O)Sc2ccc(C(=O)Oc3cccc(OC(=O)c4ccc(SC(=O)c5ccc(OCCCCCCCCCCCCC)cc5)cc4)c3)cc2)cc1. The van der Waals surface area contributed by atoms with Gasteiger partial charge in [-0.25, -0.2) is 9.59 Å². The summed E-state index contributed by atoms with van der Waals surface area (Å²) in [6.45, 7) is 5.85. The third kappa shape index (κ3) is 21.8. The van der Waals surface area contributed by atoms with E-state index in [0.717, 1.165) is 47.9 Å². The van der Waals surface area contributed by atoms with Crippen molar-refractivity contribution in [1.82, 2.24) is 0 Å². The number of carbonyl (C=O) groups excluding carboxylic acids is 4. The van der Waals surface area contributed by atoms with Gasteiger partial charge < -0.3 is 18.9 Å². The predicted octanol–water partition coefficient (Wildman–Crippen LogP) is 17.4. The summed E-state index contributed by atoms with van der Waals surface area (Å²) in [7, 11) is 0. The summed E-state index contributed by atoms with van der Waals surface area (Å²) in [6, 6.07) is 34.0. The van der Waals surface area contributed by atoms with Crippen molar-refractivity contribution >= 4 is 45.7 Å². The maximum absolute atomic E-state index is 13.0. The standard InChI is InChI=1S/C60H74O8S2/c1-3-5-7-9-11-13-15-17-19-21-23-44-65-51-36-28-49(29-37-51)59(63)69-55-40-32-47(33-41-55)57(61)67-53-26-25-27-54(46-53)68-58(62)48-34-42-56(43-35-48)70-60(64)50-30-38-52(39-31-50)66-45-24-22-20-18-16-14-12-10-8-6-4-2/h25-43,46H,3-24,44-45H2,1-2H3. The van der Waals surface area contributed by atoms with Gasteiger partial charge in [0.25, 0.3) is 0 Å². The molecule has 0 bridgehead atoms. The molecule has 0 atom stereocenters. The molecule has 0 aromatic heterocycles. The fraction of sp³-hybridized carbons (Fsp3) is 0.433. The molecular formula is C60H74O8S2. The molecule has 8 nitrogen and oxygen atoms in total. The topological polar surface area (TPSA) is 105 Å².